The molecule has 1 amide bonds. The molecule has 4 aliphatic carbocycles. The average Bonchev–Trinajstić information content (AvgIpc) is 3.08. The second kappa shape index (κ2) is 7.78. The van der Waals surface area contributed by atoms with E-state index in [0.29, 0.717) is 24.0 Å². The van der Waals surface area contributed by atoms with Crippen molar-refractivity contribution in [3.8, 4) is 0 Å². The van der Waals surface area contributed by atoms with Crippen molar-refractivity contribution in [2.24, 2.45) is 17.3 Å². The molecule has 10 nitrogen and oxygen atoms in total. The second-order valence-electron chi connectivity index (χ2n) is 10.5. The number of carbonyl (C=O) groups excluding carboxylic acids is 2. The smallest absolute Gasteiger partial charge is 0.312 e. The molecule has 1 aromatic heterocycles. The summed E-state index contributed by atoms with van der Waals surface area (Å²) in [6.07, 6.45) is 4.49. The van der Waals surface area contributed by atoms with Crippen LogP contribution in [0.5, 0.6) is 0 Å². The maximum atomic E-state index is 13.0. The van der Waals surface area contributed by atoms with E-state index in [1.807, 2.05) is 0 Å². The number of hydrogen-bond donors (Lipinski definition) is 1. The third-order valence-electron chi connectivity index (χ3n) is 7.95. The van der Waals surface area contributed by atoms with E-state index >= 15 is 0 Å². The van der Waals surface area contributed by atoms with Gasteiger partial charge in [-0.3, -0.25) is 9.59 Å². The van der Waals surface area contributed by atoms with Crippen LogP contribution in [0.1, 0.15) is 50.0 Å². The predicted octanol–water partition coefficient (Wildman–Crippen LogP) is 0.999. The van der Waals surface area contributed by atoms with Crippen LogP contribution in [0.25, 0.3) is 0 Å². The second-order valence-corrected chi connectivity index (χ2v) is 12.4. The Morgan fingerprint density at radius 1 is 1.12 bits per heavy atom. The molecule has 4 saturated carbocycles. The molecule has 11 heteroatoms. The molecule has 0 radical (unpaired) electrons. The van der Waals surface area contributed by atoms with Gasteiger partial charge >= 0.3 is 5.97 Å². The van der Waals surface area contributed by atoms with E-state index in [4.69, 9.17) is 9.26 Å². The maximum Gasteiger partial charge on any atom is 0.312 e. The highest BCUT2D eigenvalue weighted by Crippen LogP contribution is 2.61. The Morgan fingerprint density at radius 3 is 2.30 bits per heavy atom. The molecule has 2 heterocycles. The van der Waals surface area contributed by atoms with Crippen molar-refractivity contribution in [2.45, 2.75) is 62.9 Å². The van der Waals surface area contributed by atoms with E-state index in [1.54, 1.807) is 13.8 Å². The van der Waals surface area contributed by atoms with Gasteiger partial charge in [0, 0.05) is 26.2 Å². The fraction of sp³-hybridized carbons (Fsp3) is 0.773. The van der Waals surface area contributed by atoms with Crippen molar-refractivity contribution in [2.75, 3.05) is 32.8 Å². The summed E-state index contributed by atoms with van der Waals surface area (Å²) < 4.78 is 37.7. The number of amides is 1. The first-order valence-corrected chi connectivity index (χ1v) is 13.1. The Kier molecular flexibility index (Phi) is 5.37. The first-order valence-electron chi connectivity index (χ1n) is 11.6. The first kappa shape index (κ1) is 22.8. The molecule has 1 aromatic rings. The van der Waals surface area contributed by atoms with Crippen LogP contribution in [0.4, 0.5) is 0 Å². The standard InChI is InChI=1S/C22H31N3O7S/c1-14-19(15(2)32-23-14)33(29,30)25-5-3-24(4-6-25)18(26)12-31-20(27)21-8-16-7-17(9-21)11-22(28,10-16)13-21/h16-17,28H,3-13H2,1-2H3. The lowest BCUT2D eigenvalue weighted by molar-refractivity contribution is -0.197. The molecule has 33 heavy (non-hydrogen) atoms. The largest absolute Gasteiger partial charge is 0.455 e. The van der Waals surface area contributed by atoms with Crippen LogP contribution in [0, 0.1) is 31.1 Å². The number of nitrogens with zero attached hydrogens (tertiary/aromatic N) is 3. The molecule has 5 fully saturated rings. The highest BCUT2D eigenvalue weighted by Gasteiger charge is 2.61. The van der Waals surface area contributed by atoms with Crippen molar-refractivity contribution in [3.05, 3.63) is 11.5 Å². The molecule has 1 saturated heterocycles. The number of piperazine rings is 1. The van der Waals surface area contributed by atoms with E-state index in [2.05, 4.69) is 5.16 Å². The number of aryl methyl sites for hydroxylation is 2. The molecule has 4 bridgehead atoms. The number of aromatic nitrogens is 1. The number of ether oxygens (including phenoxy) is 1. The topological polar surface area (TPSA) is 130 Å². The zero-order chi connectivity index (χ0) is 23.6. The summed E-state index contributed by atoms with van der Waals surface area (Å²) in [4.78, 5) is 27.3. The van der Waals surface area contributed by atoms with E-state index in [9.17, 15) is 23.1 Å². The molecule has 0 spiro atoms. The summed E-state index contributed by atoms with van der Waals surface area (Å²) in [6, 6.07) is 0. The summed E-state index contributed by atoms with van der Waals surface area (Å²) in [6.45, 7) is 3.51. The molecular weight excluding hydrogens is 450 g/mol. The van der Waals surface area contributed by atoms with Crippen molar-refractivity contribution in [1.82, 2.24) is 14.4 Å². The number of esters is 1. The van der Waals surface area contributed by atoms with Gasteiger partial charge in [-0.25, -0.2) is 8.42 Å². The van der Waals surface area contributed by atoms with Crippen molar-refractivity contribution >= 4 is 21.9 Å². The molecule has 2 atom stereocenters. The van der Waals surface area contributed by atoms with Crippen molar-refractivity contribution in [3.63, 3.8) is 0 Å². The third kappa shape index (κ3) is 3.87. The van der Waals surface area contributed by atoms with E-state index in [0.717, 1.165) is 32.1 Å². The normalized spacial score (nSPS) is 34.0. The van der Waals surface area contributed by atoms with Gasteiger partial charge in [-0.1, -0.05) is 5.16 Å². The quantitative estimate of drug-likeness (QED) is 0.617. The zero-order valence-electron chi connectivity index (χ0n) is 19.1. The van der Waals surface area contributed by atoms with Crippen LogP contribution in [0.3, 0.4) is 0 Å². The van der Waals surface area contributed by atoms with Gasteiger partial charge in [0.1, 0.15) is 10.6 Å². The maximum absolute atomic E-state index is 13.0. The number of aliphatic hydroxyl groups is 1. The van der Waals surface area contributed by atoms with Crippen LogP contribution in [-0.4, -0.2) is 78.1 Å². The third-order valence-corrected chi connectivity index (χ3v) is 10.1. The molecular formula is C22H31N3O7S. The Labute approximate surface area is 193 Å². The van der Waals surface area contributed by atoms with Gasteiger partial charge < -0.3 is 19.3 Å². The minimum Gasteiger partial charge on any atom is -0.455 e. The molecule has 0 aromatic carbocycles. The van der Waals surface area contributed by atoms with Crippen molar-refractivity contribution < 1.29 is 32.4 Å². The highest BCUT2D eigenvalue weighted by molar-refractivity contribution is 7.89. The van der Waals surface area contributed by atoms with Gasteiger partial charge in [0.05, 0.1) is 11.0 Å². The summed E-state index contributed by atoms with van der Waals surface area (Å²) in [7, 11) is -3.76. The lowest BCUT2D eigenvalue weighted by Crippen LogP contribution is -2.58. The summed E-state index contributed by atoms with van der Waals surface area (Å²) >= 11 is 0. The highest BCUT2D eigenvalue weighted by atomic mass is 32.2. The number of sulfonamides is 1. The molecule has 182 valence electrons. The Balaban J connectivity index is 1.16. The summed E-state index contributed by atoms with van der Waals surface area (Å²) in [5.74, 6) is 0.246. The van der Waals surface area contributed by atoms with E-state index < -0.39 is 21.0 Å². The molecule has 1 N–H and O–H groups in total. The van der Waals surface area contributed by atoms with E-state index in [-0.39, 0.29) is 55.3 Å². The fourth-order valence-electron chi connectivity index (χ4n) is 6.97. The average molecular weight is 482 g/mol. The van der Waals surface area contributed by atoms with Crippen LogP contribution in [0.15, 0.2) is 9.42 Å². The van der Waals surface area contributed by atoms with Crippen molar-refractivity contribution in [1.29, 1.82) is 0 Å². The van der Waals surface area contributed by atoms with Crippen LogP contribution < -0.4 is 0 Å². The Bertz CT molecular complexity index is 1040. The predicted molar refractivity (Wildman–Crippen MR) is 114 cm³/mol. The van der Waals surface area contributed by atoms with Gasteiger partial charge in [0.25, 0.3) is 5.91 Å². The number of rotatable bonds is 5. The summed E-state index contributed by atoms with van der Waals surface area (Å²) in [5.41, 5.74) is -1.12. The molecule has 1 aliphatic heterocycles. The van der Waals surface area contributed by atoms with E-state index in [1.165, 1.54) is 9.21 Å². The Hall–Kier alpha value is -1.98. The van der Waals surface area contributed by atoms with Gasteiger partial charge in [-0.15, -0.1) is 0 Å². The van der Waals surface area contributed by atoms with Crippen LogP contribution >= 0.6 is 0 Å². The lowest BCUT2D eigenvalue weighted by atomic mass is 9.48. The van der Waals surface area contributed by atoms with Crippen LogP contribution in [-0.2, 0) is 24.3 Å². The lowest BCUT2D eigenvalue weighted by Gasteiger charge is -2.58. The molecule has 2 unspecified atom stereocenters. The minimum atomic E-state index is -3.76. The molecule has 6 rings (SSSR count). The van der Waals surface area contributed by atoms with Crippen LogP contribution in [0.2, 0.25) is 0 Å². The number of carbonyl (C=O) groups is 2. The molecule has 5 aliphatic rings. The zero-order valence-corrected chi connectivity index (χ0v) is 19.9. The Morgan fingerprint density at radius 2 is 1.76 bits per heavy atom. The number of hydrogen-bond acceptors (Lipinski definition) is 8. The first-order chi connectivity index (χ1) is 15.5. The van der Waals surface area contributed by atoms with Gasteiger partial charge in [-0.2, -0.15) is 4.31 Å². The van der Waals surface area contributed by atoms with Gasteiger partial charge in [-0.05, 0) is 64.2 Å². The minimum absolute atomic E-state index is 0.0773. The van der Waals surface area contributed by atoms with Gasteiger partial charge in [0.15, 0.2) is 12.4 Å². The summed E-state index contributed by atoms with van der Waals surface area (Å²) in [5, 5.41) is 14.6. The van der Waals surface area contributed by atoms with Gasteiger partial charge in [0.2, 0.25) is 10.0 Å². The fourth-order valence-corrected chi connectivity index (χ4v) is 8.69. The SMILES string of the molecule is Cc1noc(C)c1S(=O)(=O)N1CCN(C(=O)COC(=O)C23CC4CC(CC(O)(C4)C2)C3)CC1. The monoisotopic (exact) mass is 481 g/mol.